The Morgan fingerprint density at radius 1 is 0.682 bits per heavy atom. The molecular formula is C36H35NO6S. The van der Waals surface area contributed by atoms with Gasteiger partial charge in [-0.2, -0.15) is 0 Å². The summed E-state index contributed by atoms with van der Waals surface area (Å²) in [7, 11) is -2.04. The van der Waals surface area contributed by atoms with Crippen molar-refractivity contribution in [3.05, 3.63) is 138 Å². The van der Waals surface area contributed by atoms with Gasteiger partial charge >= 0.3 is 0 Å². The van der Waals surface area contributed by atoms with Crippen molar-refractivity contribution < 1.29 is 27.4 Å². The average molecular weight is 610 g/mol. The van der Waals surface area contributed by atoms with Gasteiger partial charge in [-0.3, -0.25) is 0 Å². The maximum Gasteiger partial charge on any atom is 0.215 e. The average Bonchev–Trinajstić information content (AvgIpc) is 3.04. The first-order valence-electron chi connectivity index (χ1n) is 14.2. The third-order valence-electron chi connectivity index (χ3n) is 7.41. The second kappa shape index (κ2) is 13.3. The zero-order valence-corrected chi connectivity index (χ0v) is 26.0. The van der Waals surface area contributed by atoms with Crippen molar-refractivity contribution in [3.8, 4) is 23.1 Å². The third-order valence-corrected chi connectivity index (χ3v) is 9.20. The Hall–Kier alpha value is -4.66. The fourth-order valence-electron chi connectivity index (χ4n) is 4.70. The maximum atomic E-state index is 13.2. The largest absolute Gasteiger partial charge is 0.497 e. The van der Waals surface area contributed by atoms with Crippen LogP contribution in [0.3, 0.4) is 0 Å². The van der Waals surface area contributed by atoms with E-state index in [-0.39, 0.29) is 28.6 Å². The molecule has 0 amide bonds. The Bertz CT molecular complexity index is 1780. The minimum absolute atomic E-state index is 0.0384. The molecule has 44 heavy (non-hydrogen) atoms. The standard InChI is InChI=1S/C36H35NO6S/c1-26-6-5-7-35(37-26)42-25-41-24-27-8-20-33(21-9-27)44(38,39)34-22-18-32(19-23-34)43-31-16-12-29(13-17-31)36(2,3)28-10-14-30(40-4)15-11-28/h5-23H,24-25H2,1-4H3. The Labute approximate surface area is 259 Å². The van der Waals surface area contributed by atoms with Gasteiger partial charge in [0, 0.05) is 17.2 Å². The summed E-state index contributed by atoms with van der Waals surface area (Å²) in [5.74, 6) is 2.52. The predicted molar refractivity (Wildman–Crippen MR) is 169 cm³/mol. The van der Waals surface area contributed by atoms with E-state index in [2.05, 4.69) is 31.0 Å². The van der Waals surface area contributed by atoms with Gasteiger partial charge in [-0.1, -0.05) is 56.3 Å². The highest BCUT2D eigenvalue weighted by molar-refractivity contribution is 7.91. The number of aryl methyl sites for hydroxylation is 1. The summed E-state index contributed by atoms with van der Waals surface area (Å²) < 4.78 is 48.8. The van der Waals surface area contributed by atoms with E-state index >= 15 is 0 Å². The van der Waals surface area contributed by atoms with Gasteiger partial charge in [0.2, 0.25) is 15.7 Å². The van der Waals surface area contributed by atoms with Gasteiger partial charge in [0.15, 0.2) is 6.79 Å². The SMILES string of the molecule is COc1ccc(C(C)(C)c2ccc(Oc3ccc(S(=O)(=O)c4ccc(COCOc5cccc(C)n5)cc4)cc3)cc2)cc1. The molecule has 0 aliphatic rings. The number of sulfone groups is 1. The van der Waals surface area contributed by atoms with Crippen LogP contribution >= 0.6 is 0 Å². The topological polar surface area (TPSA) is 84.0 Å². The Morgan fingerprint density at radius 3 is 1.75 bits per heavy atom. The molecule has 0 spiro atoms. The number of hydrogen-bond acceptors (Lipinski definition) is 7. The molecule has 0 saturated heterocycles. The third kappa shape index (κ3) is 7.27. The van der Waals surface area contributed by atoms with Crippen molar-refractivity contribution in [2.75, 3.05) is 13.9 Å². The van der Waals surface area contributed by atoms with E-state index < -0.39 is 9.84 Å². The molecular weight excluding hydrogens is 574 g/mol. The number of rotatable bonds is 12. The fourth-order valence-corrected chi connectivity index (χ4v) is 5.96. The van der Waals surface area contributed by atoms with Gasteiger partial charge < -0.3 is 18.9 Å². The smallest absolute Gasteiger partial charge is 0.215 e. The van der Waals surface area contributed by atoms with Crippen LogP contribution in [0.1, 0.15) is 36.2 Å². The minimum Gasteiger partial charge on any atom is -0.497 e. The number of aromatic nitrogens is 1. The monoisotopic (exact) mass is 609 g/mol. The second-order valence-corrected chi connectivity index (χ2v) is 12.8. The van der Waals surface area contributed by atoms with Crippen molar-refractivity contribution in [2.24, 2.45) is 0 Å². The summed E-state index contributed by atoms with van der Waals surface area (Å²) in [6, 6.07) is 34.6. The predicted octanol–water partition coefficient (Wildman–Crippen LogP) is 7.90. The molecule has 0 radical (unpaired) electrons. The van der Waals surface area contributed by atoms with Crippen LogP contribution in [0.2, 0.25) is 0 Å². The lowest BCUT2D eigenvalue weighted by molar-refractivity contribution is 0.00249. The van der Waals surface area contributed by atoms with Crippen molar-refractivity contribution in [1.82, 2.24) is 4.98 Å². The molecule has 0 fully saturated rings. The molecule has 5 rings (SSSR count). The van der Waals surface area contributed by atoms with Gasteiger partial charge in [0.25, 0.3) is 0 Å². The molecule has 1 heterocycles. The first-order chi connectivity index (χ1) is 21.1. The molecule has 0 unspecified atom stereocenters. The summed E-state index contributed by atoms with van der Waals surface area (Å²) in [4.78, 5) is 4.64. The van der Waals surface area contributed by atoms with Crippen LogP contribution in [0.15, 0.2) is 125 Å². The quantitative estimate of drug-likeness (QED) is 0.105. The molecule has 8 heteroatoms. The van der Waals surface area contributed by atoms with Crippen molar-refractivity contribution in [1.29, 1.82) is 0 Å². The lowest BCUT2D eigenvalue weighted by atomic mass is 9.78. The summed E-state index contributed by atoms with van der Waals surface area (Å²) in [6.45, 7) is 6.55. The molecule has 226 valence electrons. The normalized spacial score (nSPS) is 11.6. The molecule has 4 aromatic carbocycles. The van der Waals surface area contributed by atoms with E-state index in [4.69, 9.17) is 18.9 Å². The minimum atomic E-state index is -3.70. The molecule has 1 aromatic heterocycles. The van der Waals surface area contributed by atoms with Gasteiger partial charge in [-0.05, 0) is 90.3 Å². The zero-order chi connectivity index (χ0) is 31.2. The molecule has 0 N–H and O–H groups in total. The van der Waals surface area contributed by atoms with Crippen LogP contribution in [-0.2, 0) is 26.6 Å². The van der Waals surface area contributed by atoms with Crippen LogP contribution in [0.4, 0.5) is 0 Å². The van der Waals surface area contributed by atoms with E-state index in [1.807, 2.05) is 55.5 Å². The van der Waals surface area contributed by atoms with Crippen LogP contribution in [0, 0.1) is 6.92 Å². The lowest BCUT2D eigenvalue weighted by Crippen LogP contribution is -2.18. The van der Waals surface area contributed by atoms with Gasteiger partial charge in [-0.15, -0.1) is 0 Å². The van der Waals surface area contributed by atoms with Crippen molar-refractivity contribution >= 4 is 9.84 Å². The van der Waals surface area contributed by atoms with E-state index in [1.165, 1.54) is 5.56 Å². The number of pyridine rings is 1. The summed E-state index contributed by atoms with van der Waals surface area (Å²) in [5.41, 5.74) is 3.79. The van der Waals surface area contributed by atoms with Crippen LogP contribution < -0.4 is 14.2 Å². The van der Waals surface area contributed by atoms with Crippen molar-refractivity contribution in [3.63, 3.8) is 0 Å². The van der Waals surface area contributed by atoms with E-state index in [0.29, 0.717) is 17.4 Å². The maximum absolute atomic E-state index is 13.2. The van der Waals surface area contributed by atoms with Crippen molar-refractivity contribution in [2.45, 2.75) is 42.6 Å². The fraction of sp³-hybridized carbons (Fsp3) is 0.194. The molecule has 0 aliphatic carbocycles. The van der Waals surface area contributed by atoms with Crippen LogP contribution in [0.5, 0.6) is 23.1 Å². The van der Waals surface area contributed by atoms with Crippen LogP contribution in [-0.4, -0.2) is 27.3 Å². The zero-order valence-electron chi connectivity index (χ0n) is 25.2. The number of ether oxygens (including phenoxy) is 4. The highest BCUT2D eigenvalue weighted by Crippen LogP contribution is 2.34. The molecule has 0 bridgehead atoms. The summed E-state index contributed by atoms with van der Waals surface area (Å²) >= 11 is 0. The Morgan fingerprint density at radius 2 is 1.20 bits per heavy atom. The van der Waals surface area contributed by atoms with E-state index in [0.717, 1.165) is 22.6 Å². The van der Waals surface area contributed by atoms with E-state index in [1.54, 1.807) is 61.7 Å². The highest BCUT2D eigenvalue weighted by Gasteiger charge is 2.23. The molecule has 7 nitrogen and oxygen atoms in total. The lowest BCUT2D eigenvalue weighted by Gasteiger charge is -2.26. The van der Waals surface area contributed by atoms with Gasteiger partial charge in [-0.25, -0.2) is 13.4 Å². The number of hydrogen-bond donors (Lipinski definition) is 0. The molecule has 0 aliphatic heterocycles. The van der Waals surface area contributed by atoms with E-state index in [9.17, 15) is 8.42 Å². The number of benzene rings is 4. The first kappa shape index (κ1) is 30.8. The summed E-state index contributed by atoms with van der Waals surface area (Å²) in [5, 5.41) is 0. The number of methoxy groups -OCH3 is 1. The molecule has 0 atom stereocenters. The second-order valence-electron chi connectivity index (χ2n) is 10.8. The summed E-state index contributed by atoms with van der Waals surface area (Å²) in [6.07, 6.45) is 0. The Kier molecular flexibility index (Phi) is 9.32. The Balaban J connectivity index is 1.17. The molecule has 0 saturated carbocycles. The molecule has 5 aromatic rings. The van der Waals surface area contributed by atoms with Gasteiger partial charge in [0.1, 0.15) is 17.2 Å². The van der Waals surface area contributed by atoms with Gasteiger partial charge in [0.05, 0.1) is 23.5 Å². The van der Waals surface area contributed by atoms with Crippen LogP contribution in [0.25, 0.3) is 0 Å². The first-order valence-corrected chi connectivity index (χ1v) is 15.6. The number of nitrogens with zero attached hydrogens (tertiary/aromatic N) is 1. The highest BCUT2D eigenvalue weighted by atomic mass is 32.2.